The van der Waals surface area contributed by atoms with Crippen LogP contribution >= 0.6 is 7.72 Å². The van der Waals surface area contributed by atoms with Crippen LogP contribution in [0.3, 0.4) is 0 Å². The molecule has 0 saturated carbocycles. The zero-order valence-electron chi connectivity index (χ0n) is 15.8. The molecule has 5 N–H and O–H groups in total. The third kappa shape index (κ3) is 6.45. The maximum absolute atomic E-state index is 11.5. The third-order valence-corrected chi connectivity index (χ3v) is 6.22. The first-order valence-electron chi connectivity index (χ1n) is 8.86. The highest BCUT2D eigenvalue weighted by Crippen LogP contribution is 2.56. The molecule has 0 saturated heterocycles. The zero-order valence-corrected chi connectivity index (χ0v) is 16.6. The van der Waals surface area contributed by atoms with Crippen molar-refractivity contribution in [3.8, 4) is 0 Å². The summed E-state index contributed by atoms with van der Waals surface area (Å²) < 4.78 is 0. The van der Waals surface area contributed by atoms with E-state index in [1.807, 2.05) is 0 Å². The quantitative estimate of drug-likeness (QED) is 0.281. The van der Waals surface area contributed by atoms with Crippen molar-refractivity contribution in [3.05, 3.63) is 65.7 Å². The minimum absolute atomic E-state index is 0.0478. The zero-order chi connectivity index (χ0) is 22.3. The van der Waals surface area contributed by atoms with Gasteiger partial charge in [-0.1, -0.05) is 24.3 Å². The van der Waals surface area contributed by atoms with Crippen LogP contribution in [0, 0.1) is 5.92 Å². The molecule has 9 nitrogen and oxygen atoms in total. The lowest BCUT2D eigenvalue weighted by Gasteiger charge is -2.18. The van der Waals surface area contributed by atoms with Crippen molar-refractivity contribution < 1.29 is 39.5 Å². The van der Waals surface area contributed by atoms with Crippen molar-refractivity contribution in [2.75, 3.05) is 6.16 Å². The van der Waals surface area contributed by atoms with Crippen molar-refractivity contribution in [1.29, 1.82) is 0 Å². The van der Waals surface area contributed by atoms with Crippen LogP contribution in [0.4, 0.5) is 5.69 Å². The van der Waals surface area contributed by atoms with E-state index in [0.717, 1.165) is 0 Å². The molecule has 0 aliphatic heterocycles. The Morgan fingerprint density at radius 3 is 2.10 bits per heavy atom. The van der Waals surface area contributed by atoms with Gasteiger partial charge < -0.3 is 15.3 Å². The van der Waals surface area contributed by atoms with Gasteiger partial charge in [-0.2, -0.15) is 0 Å². The van der Waals surface area contributed by atoms with E-state index in [9.17, 15) is 29.3 Å². The van der Waals surface area contributed by atoms with Gasteiger partial charge >= 0.3 is 25.6 Å². The molecule has 2 aromatic rings. The van der Waals surface area contributed by atoms with Crippen LogP contribution in [-0.4, -0.2) is 54.6 Å². The van der Waals surface area contributed by atoms with Crippen molar-refractivity contribution >= 4 is 36.8 Å². The summed E-state index contributed by atoms with van der Waals surface area (Å²) >= 11 is 0. The second-order valence-corrected chi connectivity index (χ2v) is 8.79. The lowest BCUT2D eigenvalue weighted by Crippen LogP contribution is -2.24. The van der Waals surface area contributed by atoms with Crippen LogP contribution < -0.4 is 0 Å². The van der Waals surface area contributed by atoms with Gasteiger partial charge in [-0.15, -0.1) is 0 Å². The summed E-state index contributed by atoms with van der Waals surface area (Å²) in [5, 5.41) is 27.4. The fourth-order valence-corrected chi connectivity index (χ4v) is 4.72. The molecule has 158 valence electrons. The van der Waals surface area contributed by atoms with Gasteiger partial charge in [-0.25, -0.2) is 19.6 Å². The fourth-order valence-electron chi connectivity index (χ4n) is 2.75. The Kier molecular flexibility index (Phi) is 7.77. The van der Waals surface area contributed by atoms with E-state index in [0.29, 0.717) is 5.56 Å². The fraction of sp³-hybridized carbons (Fsp3) is 0.200. The Labute approximate surface area is 172 Å². The van der Waals surface area contributed by atoms with Crippen molar-refractivity contribution in [2.45, 2.75) is 12.8 Å². The summed E-state index contributed by atoms with van der Waals surface area (Å²) in [4.78, 5) is 59.5. The maximum atomic E-state index is 11.5. The highest BCUT2D eigenvalue weighted by Gasteiger charge is 2.46. The number of hydrogen-bond donors (Lipinski definition) is 5. The third-order valence-electron chi connectivity index (χ3n) is 4.23. The Hall–Kier alpha value is -3.13. The Morgan fingerprint density at radius 2 is 1.53 bits per heavy atom. The van der Waals surface area contributed by atoms with E-state index in [1.165, 1.54) is 24.3 Å². The van der Waals surface area contributed by atoms with Crippen LogP contribution in [0.1, 0.15) is 28.8 Å². The standard InChI is InChI=1S/C20H20NO8P/c22-17(23)10-9-15(20(26)27)12-30(28,29)18(13-5-2-1-3-6-13)21-16-8-4-7-14(11-16)19(24)25/h1-8,11,15,28-29H,9-10,12H2,(H2-,22,23,24,25,26,27)/p+1. The van der Waals surface area contributed by atoms with Crippen LogP contribution in [-0.2, 0) is 9.59 Å². The van der Waals surface area contributed by atoms with Gasteiger partial charge in [0.1, 0.15) is 6.16 Å². The van der Waals surface area contributed by atoms with Crippen molar-refractivity contribution in [2.24, 2.45) is 10.9 Å². The molecule has 0 bridgehead atoms. The number of benzene rings is 2. The smallest absolute Gasteiger partial charge is 0.335 e. The van der Waals surface area contributed by atoms with E-state index in [2.05, 4.69) is 4.99 Å². The van der Waals surface area contributed by atoms with Crippen molar-refractivity contribution in [3.63, 3.8) is 0 Å². The molecule has 0 spiro atoms. The van der Waals surface area contributed by atoms with Gasteiger partial charge in [0.15, 0.2) is 0 Å². The van der Waals surface area contributed by atoms with Gasteiger partial charge in [0.05, 0.1) is 17.2 Å². The summed E-state index contributed by atoms with van der Waals surface area (Å²) in [5.41, 5.74) is 0.262. The van der Waals surface area contributed by atoms with Gasteiger partial charge in [0.25, 0.3) is 0 Å². The molecule has 1 unspecified atom stereocenters. The summed E-state index contributed by atoms with van der Waals surface area (Å²) in [6, 6.07) is 13.6. The predicted molar refractivity (Wildman–Crippen MR) is 110 cm³/mol. The number of aliphatic imine (C=N–C) groups is 1. The first-order chi connectivity index (χ1) is 14.1. The molecule has 0 aliphatic carbocycles. The highest BCUT2D eigenvalue weighted by molar-refractivity contribution is 7.82. The Balaban J connectivity index is 2.48. The average molecular weight is 434 g/mol. The first-order valence-corrected chi connectivity index (χ1v) is 10.7. The molecule has 0 amide bonds. The van der Waals surface area contributed by atoms with E-state index >= 15 is 0 Å². The highest BCUT2D eigenvalue weighted by atomic mass is 31.2. The average Bonchev–Trinajstić information content (AvgIpc) is 2.69. The van der Waals surface area contributed by atoms with Gasteiger partial charge in [-0.05, 0) is 36.8 Å². The second-order valence-electron chi connectivity index (χ2n) is 6.54. The maximum Gasteiger partial charge on any atom is 0.335 e. The van der Waals surface area contributed by atoms with Crippen LogP contribution in [0.25, 0.3) is 0 Å². The largest absolute Gasteiger partial charge is 0.481 e. The molecular formula is C20H21NO8P+. The lowest BCUT2D eigenvalue weighted by atomic mass is 10.1. The summed E-state index contributed by atoms with van der Waals surface area (Å²) in [6.07, 6.45) is -1.30. The molecule has 0 aromatic heterocycles. The molecule has 1 atom stereocenters. The summed E-state index contributed by atoms with van der Waals surface area (Å²) in [6.45, 7) is 0. The van der Waals surface area contributed by atoms with Crippen molar-refractivity contribution in [1.82, 2.24) is 0 Å². The number of carbonyl (C=O) groups is 3. The Morgan fingerprint density at radius 1 is 0.900 bits per heavy atom. The van der Waals surface area contributed by atoms with Crippen LogP contribution in [0.2, 0.25) is 0 Å². The Bertz CT molecular complexity index is 958. The topological polar surface area (TPSA) is 165 Å². The molecule has 10 heteroatoms. The minimum Gasteiger partial charge on any atom is -0.481 e. The van der Waals surface area contributed by atoms with E-state index < -0.39 is 44.1 Å². The van der Waals surface area contributed by atoms with E-state index in [-0.39, 0.29) is 23.1 Å². The lowest BCUT2D eigenvalue weighted by molar-refractivity contribution is -0.142. The normalized spacial score (nSPS) is 12.9. The molecular weight excluding hydrogens is 413 g/mol. The van der Waals surface area contributed by atoms with Gasteiger partial charge in [0.2, 0.25) is 5.45 Å². The minimum atomic E-state index is -4.12. The molecule has 0 aliphatic rings. The van der Waals surface area contributed by atoms with E-state index in [1.54, 1.807) is 30.3 Å². The van der Waals surface area contributed by atoms with E-state index in [4.69, 9.17) is 10.2 Å². The summed E-state index contributed by atoms with van der Waals surface area (Å²) in [5.74, 6) is -5.02. The molecule has 0 heterocycles. The molecule has 30 heavy (non-hydrogen) atoms. The molecule has 0 fully saturated rings. The monoisotopic (exact) mass is 434 g/mol. The van der Waals surface area contributed by atoms with Crippen LogP contribution in [0.5, 0.6) is 0 Å². The predicted octanol–water partition coefficient (Wildman–Crippen LogP) is 2.86. The number of aromatic carboxylic acids is 1. The number of nitrogens with zero attached hydrogens (tertiary/aromatic N) is 1. The SMILES string of the molecule is O=C(O)CCC(C[P+](O)(O)C(=Nc1cccc(C(=O)O)c1)c1ccccc1)C(=O)O. The van der Waals surface area contributed by atoms with Gasteiger partial charge in [0, 0.05) is 12.0 Å². The number of aliphatic carboxylic acids is 2. The van der Waals surface area contributed by atoms with Gasteiger partial charge in [-0.3, -0.25) is 9.59 Å². The first kappa shape index (κ1) is 23.2. The number of rotatable bonds is 10. The van der Waals surface area contributed by atoms with Crippen LogP contribution in [0.15, 0.2) is 59.6 Å². The summed E-state index contributed by atoms with van der Waals surface area (Å²) in [7, 11) is -4.12. The molecule has 2 aromatic carbocycles. The molecule has 2 rings (SSSR count). The number of carboxylic acids is 3. The molecule has 0 radical (unpaired) electrons. The number of carboxylic acid groups (broad SMARTS) is 3. The number of hydrogen-bond acceptors (Lipinski definition) is 6. The second kappa shape index (κ2) is 10.1.